The van der Waals surface area contributed by atoms with Crippen LogP contribution in [0.25, 0.3) is 11.2 Å². The number of ether oxygens (including phenoxy) is 1. The molecule has 11 heteroatoms. The highest BCUT2D eigenvalue weighted by Gasteiger charge is 2.50. The molecule has 0 bridgehead atoms. The molecule has 1 unspecified atom stereocenters. The molecule has 212 valence electrons. The third-order valence-electron chi connectivity index (χ3n) is 7.99. The number of aryl methyl sites for hydroxylation is 1. The van der Waals surface area contributed by atoms with Crippen LogP contribution in [0.15, 0.2) is 41.5 Å². The Morgan fingerprint density at radius 2 is 1.95 bits per heavy atom. The van der Waals surface area contributed by atoms with Crippen molar-refractivity contribution >= 4 is 31.3 Å². The zero-order valence-electron chi connectivity index (χ0n) is 23.9. The van der Waals surface area contributed by atoms with E-state index in [1.165, 1.54) is 11.9 Å². The maximum Gasteiger partial charge on any atom is 0.280 e. The SMILES string of the molecule is CC(C)C(=O)Nc1nc2c(ncn2[C@@H]2O[C@H](CO)C(CCc3ccccc3)[C@@H]2O[Si](C)(C)C(C)(C)C)c(=O)[nH]1. The highest BCUT2D eigenvalue weighted by Crippen LogP contribution is 2.45. The number of amides is 1. The van der Waals surface area contributed by atoms with Crippen molar-refractivity contribution in [2.24, 2.45) is 11.8 Å². The van der Waals surface area contributed by atoms with Gasteiger partial charge in [-0.15, -0.1) is 0 Å². The Hall–Kier alpha value is -2.86. The largest absolute Gasteiger partial charge is 0.409 e. The molecule has 39 heavy (non-hydrogen) atoms. The summed E-state index contributed by atoms with van der Waals surface area (Å²) in [6, 6.07) is 10.2. The van der Waals surface area contributed by atoms with Gasteiger partial charge in [0.2, 0.25) is 11.9 Å². The Morgan fingerprint density at radius 1 is 1.26 bits per heavy atom. The lowest BCUT2D eigenvalue weighted by Crippen LogP contribution is -2.47. The molecule has 0 radical (unpaired) electrons. The number of rotatable bonds is 9. The summed E-state index contributed by atoms with van der Waals surface area (Å²) in [4.78, 5) is 36.6. The fraction of sp³-hybridized carbons (Fsp3) is 0.571. The fourth-order valence-corrected chi connectivity index (χ4v) is 5.93. The standard InChI is InChI=1S/C28H41N5O5Si/c1-17(2)24(35)31-27-30-23-21(25(36)32-27)29-16-33(23)26-22(38-39(6,7)28(3,4)5)19(20(15-34)37-26)14-13-18-11-9-8-10-12-18/h8-12,16-17,19-20,22,26,34H,13-15H2,1-7H3,(H2,30,31,32,35,36)/t19?,20-,22+,26-/m1/s1. The van der Waals surface area contributed by atoms with Crippen LogP contribution >= 0.6 is 0 Å². The summed E-state index contributed by atoms with van der Waals surface area (Å²) < 4.78 is 15.2. The number of carbonyl (C=O) groups is 1. The summed E-state index contributed by atoms with van der Waals surface area (Å²) in [6.07, 6.45) is 1.56. The zero-order chi connectivity index (χ0) is 28.5. The highest BCUT2D eigenvalue weighted by molar-refractivity contribution is 6.74. The highest BCUT2D eigenvalue weighted by atomic mass is 28.4. The van der Waals surface area contributed by atoms with E-state index in [1.807, 2.05) is 18.2 Å². The van der Waals surface area contributed by atoms with Crippen molar-refractivity contribution in [2.75, 3.05) is 11.9 Å². The summed E-state index contributed by atoms with van der Waals surface area (Å²) in [7, 11) is -2.28. The topological polar surface area (TPSA) is 131 Å². The summed E-state index contributed by atoms with van der Waals surface area (Å²) in [5, 5.41) is 13.0. The first-order valence-corrected chi connectivity index (χ1v) is 16.5. The number of nitrogens with zero attached hydrogens (tertiary/aromatic N) is 3. The van der Waals surface area contributed by atoms with Gasteiger partial charge in [-0.1, -0.05) is 65.0 Å². The number of H-pyrrole nitrogens is 1. The second-order valence-corrected chi connectivity index (χ2v) is 16.9. The van der Waals surface area contributed by atoms with E-state index >= 15 is 0 Å². The molecule has 0 saturated carbocycles. The number of aliphatic hydroxyl groups is 1. The monoisotopic (exact) mass is 555 g/mol. The predicted molar refractivity (Wildman–Crippen MR) is 153 cm³/mol. The van der Waals surface area contributed by atoms with Crippen molar-refractivity contribution in [1.82, 2.24) is 19.5 Å². The lowest BCUT2D eigenvalue weighted by molar-refractivity contribution is -0.118. The molecule has 4 atom stereocenters. The molecule has 1 saturated heterocycles. The normalized spacial score (nSPS) is 22.1. The second kappa shape index (κ2) is 11.3. The Bertz CT molecular complexity index is 1350. The van der Waals surface area contributed by atoms with Crippen LogP contribution in [0, 0.1) is 11.8 Å². The molecule has 3 heterocycles. The first-order chi connectivity index (χ1) is 18.3. The number of fused-ring (bicyclic) bond motifs is 1. The van der Waals surface area contributed by atoms with Crippen molar-refractivity contribution in [2.45, 2.75) is 84.0 Å². The van der Waals surface area contributed by atoms with Gasteiger partial charge >= 0.3 is 0 Å². The molecule has 1 aliphatic rings. The molecule has 2 aromatic heterocycles. The van der Waals surface area contributed by atoms with Gasteiger partial charge in [0.05, 0.1) is 25.1 Å². The van der Waals surface area contributed by atoms with E-state index in [9.17, 15) is 14.7 Å². The van der Waals surface area contributed by atoms with Crippen molar-refractivity contribution in [3.63, 3.8) is 0 Å². The number of nitrogens with one attached hydrogen (secondary N) is 2. The van der Waals surface area contributed by atoms with E-state index in [4.69, 9.17) is 9.16 Å². The molecule has 0 aliphatic carbocycles. The van der Waals surface area contributed by atoms with Gasteiger partial charge in [-0.05, 0) is 36.5 Å². The van der Waals surface area contributed by atoms with Gasteiger partial charge in [-0.2, -0.15) is 4.98 Å². The van der Waals surface area contributed by atoms with Gasteiger partial charge in [0.15, 0.2) is 25.7 Å². The Morgan fingerprint density at radius 3 is 2.56 bits per heavy atom. The fourth-order valence-electron chi connectivity index (χ4n) is 4.61. The first-order valence-electron chi connectivity index (χ1n) is 13.6. The van der Waals surface area contributed by atoms with E-state index in [0.29, 0.717) is 0 Å². The Kier molecular flexibility index (Phi) is 8.46. The number of aromatic amines is 1. The molecule has 1 aromatic carbocycles. The van der Waals surface area contributed by atoms with E-state index in [1.54, 1.807) is 18.4 Å². The van der Waals surface area contributed by atoms with Gasteiger partial charge in [0, 0.05) is 11.8 Å². The lowest BCUT2D eigenvalue weighted by Gasteiger charge is -2.41. The number of aromatic nitrogens is 4. The lowest BCUT2D eigenvalue weighted by atomic mass is 9.91. The van der Waals surface area contributed by atoms with Crippen molar-refractivity contribution < 1.29 is 19.1 Å². The van der Waals surface area contributed by atoms with E-state index < -0.39 is 32.3 Å². The molecule has 1 amide bonds. The van der Waals surface area contributed by atoms with Gasteiger partial charge in [0.1, 0.15) is 0 Å². The average Bonchev–Trinajstić information content (AvgIpc) is 3.43. The molecule has 3 N–H and O–H groups in total. The summed E-state index contributed by atoms with van der Waals surface area (Å²) >= 11 is 0. The van der Waals surface area contributed by atoms with Crippen LogP contribution in [0.3, 0.4) is 0 Å². The zero-order valence-corrected chi connectivity index (χ0v) is 24.9. The van der Waals surface area contributed by atoms with Gasteiger partial charge in [0.25, 0.3) is 5.56 Å². The molecule has 4 rings (SSSR count). The molecular formula is C28H41N5O5Si. The number of benzene rings is 1. The van der Waals surface area contributed by atoms with Crippen molar-refractivity contribution in [3.05, 3.63) is 52.6 Å². The molecular weight excluding hydrogens is 514 g/mol. The second-order valence-electron chi connectivity index (χ2n) is 12.2. The van der Waals surface area contributed by atoms with Crippen LogP contribution in [0.4, 0.5) is 5.95 Å². The van der Waals surface area contributed by atoms with Gasteiger partial charge in [-0.3, -0.25) is 24.5 Å². The smallest absolute Gasteiger partial charge is 0.280 e. The van der Waals surface area contributed by atoms with E-state index in [-0.39, 0.29) is 46.5 Å². The van der Waals surface area contributed by atoms with E-state index in [0.717, 1.165) is 12.8 Å². The number of aliphatic hydroxyl groups excluding tert-OH is 1. The molecule has 3 aromatic rings. The van der Waals surface area contributed by atoms with Crippen LogP contribution in [0.1, 0.15) is 52.8 Å². The van der Waals surface area contributed by atoms with Crippen LogP contribution < -0.4 is 10.9 Å². The van der Waals surface area contributed by atoms with Crippen LogP contribution in [-0.2, 0) is 20.4 Å². The molecule has 1 fully saturated rings. The molecule has 0 spiro atoms. The molecule has 1 aliphatic heterocycles. The summed E-state index contributed by atoms with van der Waals surface area (Å²) in [6.45, 7) is 14.3. The summed E-state index contributed by atoms with van der Waals surface area (Å²) in [5.41, 5.74) is 1.17. The number of carbonyl (C=O) groups excluding carboxylic acids is 1. The number of imidazole rings is 1. The van der Waals surface area contributed by atoms with Crippen LogP contribution in [-0.4, -0.2) is 57.7 Å². The third kappa shape index (κ3) is 6.16. The van der Waals surface area contributed by atoms with E-state index in [2.05, 4.69) is 66.3 Å². The Labute approximate surface area is 230 Å². The van der Waals surface area contributed by atoms with Crippen molar-refractivity contribution in [3.8, 4) is 0 Å². The number of hydrogen-bond donors (Lipinski definition) is 3. The van der Waals surface area contributed by atoms with Crippen LogP contribution in [0.2, 0.25) is 18.1 Å². The van der Waals surface area contributed by atoms with Crippen molar-refractivity contribution in [1.29, 1.82) is 0 Å². The average molecular weight is 556 g/mol. The minimum absolute atomic E-state index is 0.0483. The van der Waals surface area contributed by atoms with Crippen LogP contribution in [0.5, 0.6) is 0 Å². The minimum Gasteiger partial charge on any atom is -0.409 e. The quantitative estimate of drug-likeness (QED) is 0.337. The number of hydrogen-bond acceptors (Lipinski definition) is 7. The minimum atomic E-state index is -2.28. The summed E-state index contributed by atoms with van der Waals surface area (Å²) in [5.74, 6) is -0.602. The Balaban J connectivity index is 1.75. The maximum absolute atomic E-state index is 12.8. The van der Waals surface area contributed by atoms with Gasteiger partial charge < -0.3 is 14.3 Å². The predicted octanol–water partition coefficient (Wildman–Crippen LogP) is 4.24. The first kappa shape index (κ1) is 29.1. The van der Waals surface area contributed by atoms with Gasteiger partial charge in [-0.25, -0.2) is 4.98 Å². The third-order valence-corrected chi connectivity index (χ3v) is 12.5. The number of anilines is 1. The molecule has 10 nitrogen and oxygen atoms in total. The maximum atomic E-state index is 12.8.